The topological polar surface area (TPSA) is 65.5 Å². The maximum atomic E-state index is 12.8. The lowest BCUT2D eigenvalue weighted by Crippen LogP contribution is -2.36. The fraction of sp³-hybridized carbons (Fsp3) is 0.333. The monoisotopic (exact) mass is 534 g/mol. The zero-order valence-electron chi connectivity index (χ0n) is 16.8. The number of hydrogen-bond donors (Lipinski definition) is 3. The Kier molecular flexibility index (Phi) is 10.6. The van der Waals surface area contributed by atoms with Crippen molar-refractivity contribution in [2.75, 3.05) is 13.1 Å². The van der Waals surface area contributed by atoms with Crippen LogP contribution in [0.15, 0.2) is 53.5 Å². The Bertz CT molecular complexity index is 856. The van der Waals surface area contributed by atoms with Crippen molar-refractivity contribution in [3.63, 3.8) is 0 Å². The maximum Gasteiger partial charge on any atom is 0.416 e. The van der Waals surface area contributed by atoms with E-state index in [1.165, 1.54) is 6.07 Å². The van der Waals surface area contributed by atoms with E-state index in [-0.39, 0.29) is 36.4 Å². The van der Waals surface area contributed by atoms with Gasteiger partial charge in [0.1, 0.15) is 0 Å². The maximum absolute atomic E-state index is 12.8. The van der Waals surface area contributed by atoms with E-state index < -0.39 is 11.7 Å². The highest BCUT2D eigenvalue weighted by Gasteiger charge is 2.30. The van der Waals surface area contributed by atoms with Gasteiger partial charge in [-0.1, -0.05) is 24.3 Å². The van der Waals surface area contributed by atoms with Crippen molar-refractivity contribution in [3.8, 4) is 0 Å². The highest BCUT2D eigenvalue weighted by Crippen LogP contribution is 2.29. The third-order valence-corrected chi connectivity index (χ3v) is 4.00. The SMILES string of the molecule is CCNC(=O)c1cccc(CNC(=NCc2cccc(C(F)(F)F)c2)NCC)c1.I. The second kappa shape index (κ2) is 12.4. The van der Waals surface area contributed by atoms with Crippen molar-refractivity contribution in [2.45, 2.75) is 33.1 Å². The molecule has 164 valence electrons. The number of benzene rings is 2. The minimum atomic E-state index is -4.38. The van der Waals surface area contributed by atoms with E-state index in [4.69, 9.17) is 0 Å². The summed E-state index contributed by atoms with van der Waals surface area (Å²) in [6.45, 7) is 5.44. The summed E-state index contributed by atoms with van der Waals surface area (Å²) in [4.78, 5) is 16.3. The van der Waals surface area contributed by atoms with Crippen molar-refractivity contribution >= 4 is 35.8 Å². The number of aliphatic imine (C=N–C) groups is 1. The Labute approximate surface area is 191 Å². The molecule has 30 heavy (non-hydrogen) atoms. The predicted molar refractivity (Wildman–Crippen MR) is 123 cm³/mol. The second-order valence-corrected chi connectivity index (χ2v) is 6.31. The molecule has 2 aromatic carbocycles. The van der Waals surface area contributed by atoms with E-state index in [0.29, 0.717) is 36.7 Å². The van der Waals surface area contributed by atoms with Crippen LogP contribution in [-0.2, 0) is 19.3 Å². The summed E-state index contributed by atoms with van der Waals surface area (Å²) in [7, 11) is 0. The van der Waals surface area contributed by atoms with Gasteiger partial charge in [0, 0.05) is 25.2 Å². The van der Waals surface area contributed by atoms with Crippen LogP contribution in [0.25, 0.3) is 0 Å². The van der Waals surface area contributed by atoms with E-state index in [0.717, 1.165) is 17.7 Å². The van der Waals surface area contributed by atoms with Crippen LogP contribution in [0.1, 0.15) is 40.9 Å². The minimum Gasteiger partial charge on any atom is -0.357 e. The molecule has 3 N–H and O–H groups in total. The summed E-state index contributed by atoms with van der Waals surface area (Å²) < 4.78 is 38.5. The van der Waals surface area contributed by atoms with Crippen LogP contribution in [0.4, 0.5) is 13.2 Å². The van der Waals surface area contributed by atoms with Crippen LogP contribution in [0.2, 0.25) is 0 Å². The molecule has 0 aliphatic carbocycles. The van der Waals surface area contributed by atoms with Gasteiger partial charge in [-0.3, -0.25) is 4.79 Å². The molecule has 0 unspecified atom stereocenters. The van der Waals surface area contributed by atoms with Gasteiger partial charge < -0.3 is 16.0 Å². The molecule has 0 fully saturated rings. The van der Waals surface area contributed by atoms with Crippen molar-refractivity contribution in [1.29, 1.82) is 0 Å². The quantitative estimate of drug-likeness (QED) is 0.282. The molecule has 0 spiro atoms. The van der Waals surface area contributed by atoms with Gasteiger partial charge in [-0.25, -0.2) is 4.99 Å². The molecule has 0 aromatic heterocycles. The molecule has 9 heteroatoms. The van der Waals surface area contributed by atoms with E-state index in [2.05, 4.69) is 20.9 Å². The molecule has 0 aliphatic heterocycles. The Hall–Kier alpha value is -2.30. The first kappa shape index (κ1) is 25.7. The number of carbonyl (C=O) groups excluding carboxylic acids is 1. The van der Waals surface area contributed by atoms with E-state index in [9.17, 15) is 18.0 Å². The zero-order valence-corrected chi connectivity index (χ0v) is 19.2. The molecule has 0 heterocycles. The van der Waals surface area contributed by atoms with Crippen molar-refractivity contribution in [3.05, 3.63) is 70.8 Å². The Morgan fingerprint density at radius 1 is 0.933 bits per heavy atom. The average molecular weight is 534 g/mol. The molecule has 1 amide bonds. The van der Waals surface area contributed by atoms with Gasteiger partial charge in [-0.05, 0) is 49.2 Å². The van der Waals surface area contributed by atoms with E-state index in [1.54, 1.807) is 24.3 Å². The Balaban J connectivity index is 0.00000450. The van der Waals surface area contributed by atoms with Gasteiger partial charge in [0.15, 0.2) is 5.96 Å². The third-order valence-electron chi connectivity index (χ3n) is 4.00. The molecule has 0 atom stereocenters. The summed E-state index contributed by atoms with van der Waals surface area (Å²) in [6.07, 6.45) is -4.38. The summed E-state index contributed by atoms with van der Waals surface area (Å²) in [5.74, 6) is 0.341. The van der Waals surface area contributed by atoms with Crippen LogP contribution in [0.5, 0.6) is 0 Å². The van der Waals surface area contributed by atoms with Crippen LogP contribution < -0.4 is 16.0 Å². The molecule has 2 aromatic rings. The van der Waals surface area contributed by atoms with Crippen LogP contribution >= 0.6 is 24.0 Å². The molecular weight excluding hydrogens is 508 g/mol. The molecule has 0 radical (unpaired) electrons. The lowest BCUT2D eigenvalue weighted by molar-refractivity contribution is -0.137. The predicted octanol–water partition coefficient (Wildman–Crippen LogP) is 4.33. The number of hydrogen-bond acceptors (Lipinski definition) is 2. The first-order chi connectivity index (χ1) is 13.8. The van der Waals surface area contributed by atoms with Gasteiger partial charge in [-0.15, -0.1) is 24.0 Å². The number of carbonyl (C=O) groups is 1. The highest BCUT2D eigenvalue weighted by atomic mass is 127. The number of rotatable bonds is 7. The molecule has 2 rings (SSSR count). The molecular formula is C21H26F3IN4O. The number of nitrogens with one attached hydrogen (secondary N) is 3. The molecule has 0 bridgehead atoms. The molecule has 5 nitrogen and oxygen atoms in total. The standard InChI is InChI=1S/C21H25F3N4O.HI/c1-3-25-19(29)17-9-5-7-15(11-17)13-27-20(26-4-2)28-14-16-8-6-10-18(12-16)21(22,23)24;/h5-12H,3-4,13-14H2,1-2H3,(H,25,29)(H2,26,27,28);1H. The van der Waals surface area contributed by atoms with Crippen LogP contribution in [0, 0.1) is 0 Å². The third kappa shape index (κ3) is 8.21. The summed E-state index contributed by atoms with van der Waals surface area (Å²) in [6, 6.07) is 12.3. The van der Waals surface area contributed by atoms with Crippen molar-refractivity contribution < 1.29 is 18.0 Å². The average Bonchev–Trinajstić information content (AvgIpc) is 2.70. The number of alkyl halides is 3. The van der Waals surface area contributed by atoms with E-state index in [1.807, 2.05) is 19.9 Å². The summed E-state index contributed by atoms with van der Waals surface area (Å²) >= 11 is 0. The Morgan fingerprint density at radius 2 is 1.60 bits per heavy atom. The smallest absolute Gasteiger partial charge is 0.357 e. The minimum absolute atomic E-state index is 0. The summed E-state index contributed by atoms with van der Waals surface area (Å²) in [5, 5.41) is 8.95. The largest absolute Gasteiger partial charge is 0.416 e. The summed E-state index contributed by atoms with van der Waals surface area (Å²) in [5.41, 5.74) is 1.23. The van der Waals surface area contributed by atoms with Crippen molar-refractivity contribution in [2.24, 2.45) is 4.99 Å². The van der Waals surface area contributed by atoms with Gasteiger partial charge in [0.25, 0.3) is 5.91 Å². The number of nitrogens with zero attached hydrogens (tertiary/aromatic N) is 1. The second-order valence-electron chi connectivity index (χ2n) is 6.31. The fourth-order valence-corrected chi connectivity index (χ4v) is 2.63. The van der Waals surface area contributed by atoms with Gasteiger partial charge in [-0.2, -0.15) is 13.2 Å². The van der Waals surface area contributed by atoms with E-state index >= 15 is 0 Å². The lowest BCUT2D eigenvalue weighted by Gasteiger charge is -2.12. The first-order valence-corrected chi connectivity index (χ1v) is 9.39. The van der Waals surface area contributed by atoms with Gasteiger partial charge in [0.05, 0.1) is 12.1 Å². The van der Waals surface area contributed by atoms with Crippen LogP contribution in [-0.4, -0.2) is 25.0 Å². The number of halogens is 4. The normalized spacial score (nSPS) is 11.4. The van der Waals surface area contributed by atoms with Crippen LogP contribution in [0.3, 0.4) is 0 Å². The molecule has 0 saturated heterocycles. The molecule has 0 aliphatic rings. The van der Waals surface area contributed by atoms with Gasteiger partial charge in [0.2, 0.25) is 0 Å². The highest BCUT2D eigenvalue weighted by molar-refractivity contribution is 14.0. The number of amides is 1. The molecule has 0 saturated carbocycles. The number of guanidine groups is 1. The zero-order chi connectivity index (χ0) is 21.3. The Morgan fingerprint density at radius 3 is 2.27 bits per heavy atom. The first-order valence-electron chi connectivity index (χ1n) is 9.39. The fourth-order valence-electron chi connectivity index (χ4n) is 2.63. The van der Waals surface area contributed by atoms with Gasteiger partial charge >= 0.3 is 6.18 Å². The van der Waals surface area contributed by atoms with Crippen molar-refractivity contribution in [1.82, 2.24) is 16.0 Å². The lowest BCUT2D eigenvalue weighted by atomic mass is 10.1.